The van der Waals surface area contributed by atoms with E-state index in [-0.39, 0.29) is 29.8 Å². The number of carbonyl (C=O) groups excluding carboxylic acids is 1. The number of carbonyl (C=O) groups is 1. The van der Waals surface area contributed by atoms with E-state index in [1.807, 2.05) is 0 Å². The summed E-state index contributed by atoms with van der Waals surface area (Å²) in [6.07, 6.45) is 0. The van der Waals surface area contributed by atoms with E-state index in [0.29, 0.717) is 0 Å². The molecule has 1 aliphatic rings. The van der Waals surface area contributed by atoms with E-state index >= 15 is 0 Å². The predicted octanol–water partition coefficient (Wildman–Crippen LogP) is -1.33. The van der Waals surface area contributed by atoms with Crippen LogP contribution in [0.25, 0.3) is 0 Å². The van der Waals surface area contributed by atoms with E-state index in [9.17, 15) is 13.2 Å². The van der Waals surface area contributed by atoms with Crippen molar-refractivity contribution < 1.29 is 13.2 Å². The molecule has 0 saturated carbocycles. The van der Waals surface area contributed by atoms with Gasteiger partial charge < -0.3 is 11.1 Å². The molecule has 0 aromatic rings. The summed E-state index contributed by atoms with van der Waals surface area (Å²) < 4.78 is 22.0. The summed E-state index contributed by atoms with van der Waals surface area (Å²) in [5.41, 5.74) is 5.51. The third kappa shape index (κ3) is 3.50. The van der Waals surface area contributed by atoms with E-state index in [4.69, 9.17) is 5.73 Å². The molecular weight excluding hydrogens is 216 g/mol. The highest BCUT2D eigenvalue weighted by molar-refractivity contribution is 7.91. The lowest BCUT2D eigenvalue weighted by Crippen LogP contribution is -2.45. The first kappa shape index (κ1) is 12.7. The molecule has 1 saturated heterocycles. The zero-order valence-electron chi connectivity index (χ0n) is 7.19. The van der Waals surface area contributed by atoms with Crippen LogP contribution in [-0.4, -0.2) is 37.9 Å². The maximum atomic E-state index is 11.0. The van der Waals surface area contributed by atoms with Crippen LogP contribution in [-0.2, 0) is 14.6 Å². The molecule has 0 aromatic carbocycles. The van der Waals surface area contributed by atoms with Crippen molar-refractivity contribution in [1.29, 1.82) is 0 Å². The summed E-state index contributed by atoms with van der Waals surface area (Å²) in [6, 6.07) is -0.869. The summed E-state index contributed by atoms with van der Waals surface area (Å²) in [5, 5.41) is 2.50. The fraction of sp³-hybridized carbons (Fsp3) is 0.833. The lowest BCUT2D eigenvalue weighted by atomic mass is 10.2. The molecule has 1 heterocycles. The lowest BCUT2D eigenvalue weighted by Gasteiger charge is -2.13. The summed E-state index contributed by atoms with van der Waals surface area (Å²) in [5.74, 6) is -0.307. The Hall–Kier alpha value is -0.330. The van der Waals surface area contributed by atoms with E-state index in [0.717, 1.165) is 0 Å². The van der Waals surface area contributed by atoms with Crippen molar-refractivity contribution in [3.05, 3.63) is 0 Å². The molecule has 3 N–H and O–H groups in total. The van der Waals surface area contributed by atoms with Crippen LogP contribution in [0, 0.1) is 0 Å². The number of sulfone groups is 1. The molecule has 78 valence electrons. The third-order valence-electron chi connectivity index (χ3n) is 1.79. The summed E-state index contributed by atoms with van der Waals surface area (Å²) in [4.78, 5) is 10.6. The highest BCUT2D eigenvalue weighted by Crippen LogP contribution is 2.10. The Morgan fingerprint density at radius 1 is 1.46 bits per heavy atom. The van der Waals surface area contributed by atoms with Crippen molar-refractivity contribution in [3.63, 3.8) is 0 Å². The zero-order chi connectivity index (χ0) is 9.35. The monoisotopic (exact) mass is 228 g/mol. The zero-order valence-corrected chi connectivity index (χ0v) is 8.82. The average Bonchev–Trinajstić information content (AvgIpc) is 2.03. The molecular formula is C6H13ClN2O3S. The number of nitrogens with one attached hydrogen (secondary N) is 1. The topological polar surface area (TPSA) is 89.3 Å². The molecule has 1 amide bonds. The molecule has 1 rings (SSSR count). The lowest BCUT2D eigenvalue weighted by molar-refractivity contribution is -0.119. The van der Waals surface area contributed by atoms with Crippen LogP contribution < -0.4 is 11.1 Å². The van der Waals surface area contributed by atoms with Gasteiger partial charge in [0.25, 0.3) is 0 Å². The first-order chi connectivity index (χ1) is 5.41. The Kier molecular flexibility index (Phi) is 4.15. The van der Waals surface area contributed by atoms with Crippen LogP contribution in [0.4, 0.5) is 0 Å². The Morgan fingerprint density at radius 3 is 2.31 bits per heavy atom. The SMILES string of the molecule is CC(=O)N[C@@H]1CS(=O)(=O)C[C@H]1N.Cl. The van der Waals surface area contributed by atoms with Crippen molar-refractivity contribution >= 4 is 28.2 Å². The number of nitrogens with two attached hydrogens (primary N) is 1. The normalized spacial score (nSPS) is 30.6. The summed E-state index contributed by atoms with van der Waals surface area (Å²) in [7, 11) is -3.03. The predicted molar refractivity (Wildman–Crippen MR) is 51.5 cm³/mol. The van der Waals surface area contributed by atoms with Crippen molar-refractivity contribution in [2.75, 3.05) is 11.5 Å². The van der Waals surface area contributed by atoms with Gasteiger partial charge in [0, 0.05) is 13.0 Å². The van der Waals surface area contributed by atoms with Gasteiger partial charge in [0.1, 0.15) is 0 Å². The second kappa shape index (κ2) is 4.26. The molecule has 0 bridgehead atoms. The first-order valence-corrected chi connectivity index (χ1v) is 5.46. The smallest absolute Gasteiger partial charge is 0.217 e. The molecule has 0 spiro atoms. The van der Waals surface area contributed by atoms with Gasteiger partial charge in [-0.3, -0.25) is 4.79 Å². The fourth-order valence-corrected chi connectivity index (χ4v) is 3.12. The molecule has 2 atom stereocenters. The largest absolute Gasteiger partial charge is 0.351 e. The maximum absolute atomic E-state index is 11.0. The van der Waals surface area contributed by atoms with Crippen molar-refractivity contribution in [3.8, 4) is 0 Å². The maximum Gasteiger partial charge on any atom is 0.217 e. The molecule has 1 fully saturated rings. The Balaban J connectivity index is 0.00000144. The van der Waals surface area contributed by atoms with Gasteiger partial charge in [-0.1, -0.05) is 0 Å². The van der Waals surface area contributed by atoms with Gasteiger partial charge >= 0.3 is 0 Å². The van der Waals surface area contributed by atoms with Crippen molar-refractivity contribution in [1.82, 2.24) is 5.32 Å². The quantitative estimate of drug-likeness (QED) is 0.582. The second-order valence-corrected chi connectivity index (χ2v) is 5.20. The standard InChI is InChI=1S/C6H12N2O3S.ClH/c1-4(9)8-6-3-12(10,11)2-5(6)7;/h5-6H,2-3,7H2,1H3,(H,8,9);1H/t5-,6-;/m1./s1. The Bertz CT molecular complexity index is 290. The molecule has 1 aliphatic heterocycles. The van der Waals surface area contributed by atoms with E-state index in [1.54, 1.807) is 0 Å². The highest BCUT2D eigenvalue weighted by atomic mass is 35.5. The van der Waals surface area contributed by atoms with Crippen LogP contribution in [0.15, 0.2) is 0 Å². The molecule has 0 radical (unpaired) electrons. The number of rotatable bonds is 1. The van der Waals surface area contributed by atoms with Crippen LogP contribution in [0.5, 0.6) is 0 Å². The van der Waals surface area contributed by atoms with Crippen LogP contribution in [0.2, 0.25) is 0 Å². The van der Waals surface area contributed by atoms with E-state index < -0.39 is 21.9 Å². The van der Waals surface area contributed by atoms with Gasteiger partial charge in [0.15, 0.2) is 9.84 Å². The third-order valence-corrected chi connectivity index (χ3v) is 3.55. The van der Waals surface area contributed by atoms with E-state index in [1.165, 1.54) is 6.92 Å². The van der Waals surface area contributed by atoms with Gasteiger partial charge in [-0.2, -0.15) is 0 Å². The number of halogens is 1. The van der Waals surface area contributed by atoms with E-state index in [2.05, 4.69) is 5.32 Å². The van der Waals surface area contributed by atoms with Gasteiger partial charge in [0.2, 0.25) is 5.91 Å². The second-order valence-electron chi connectivity index (χ2n) is 3.05. The summed E-state index contributed by atoms with van der Waals surface area (Å²) >= 11 is 0. The van der Waals surface area contributed by atoms with Crippen LogP contribution in [0.1, 0.15) is 6.92 Å². The fourth-order valence-electron chi connectivity index (χ4n) is 1.28. The van der Waals surface area contributed by atoms with Crippen molar-refractivity contribution in [2.45, 2.75) is 19.0 Å². The average molecular weight is 229 g/mol. The van der Waals surface area contributed by atoms with Crippen LogP contribution in [0.3, 0.4) is 0 Å². The molecule has 7 heteroatoms. The Labute approximate surface area is 83.4 Å². The first-order valence-electron chi connectivity index (χ1n) is 3.64. The minimum absolute atomic E-state index is 0. The minimum atomic E-state index is -3.03. The molecule has 5 nitrogen and oxygen atoms in total. The summed E-state index contributed by atoms with van der Waals surface area (Å²) in [6.45, 7) is 1.34. The number of hydrogen-bond acceptors (Lipinski definition) is 4. The molecule has 0 unspecified atom stereocenters. The Morgan fingerprint density at radius 2 is 2.00 bits per heavy atom. The molecule has 0 aliphatic carbocycles. The molecule has 0 aromatic heterocycles. The van der Waals surface area contributed by atoms with Gasteiger partial charge in [0.05, 0.1) is 17.5 Å². The minimum Gasteiger partial charge on any atom is -0.351 e. The van der Waals surface area contributed by atoms with Gasteiger partial charge in [-0.05, 0) is 0 Å². The van der Waals surface area contributed by atoms with Crippen molar-refractivity contribution in [2.24, 2.45) is 5.73 Å². The highest BCUT2D eigenvalue weighted by Gasteiger charge is 2.35. The number of amides is 1. The van der Waals surface area contributed by atoms with Gasteiger partial charge in [-0.25, -0.2) is 8.42 Å². The van der Waals surface area contributed by atoms with Gasteiger partial charge in [-0.15, -0.1) is 12.4 Å². The number of hydrogen-bond donors (Lipinski definition) is 2. The van der Waals surface area contributed by atoms with Crippen LogP contribution >= 0.6 is 12.4 Å². The molecule has 13 heavy (non-hydrogen) atoms.